The van der Waals surface area contributed by atoms with Gasteiger partial charge in [-0.1, -0.05) is 218 Å². The van der Waals surface area contributed by atoms with E-state index in [1.54, 1.807) is 0 Å². The van der Waals surface area contributed by atoms with Crippen molar-refractivity contribution in [1.29, 1.82) is 0 Å². The van der Waals surface area contributed by atoms with Gasteiger partial charge in [0.15, 0.2) is 7.14 Å². The van der Waals surface area contributed by atoms with E-state index in [4.69, 9.17) is 0 Å². The number of hydrogen-bond donors (Lipinski definition) is 0. The Bertz CT molecular complexity index is 2810. The minimum Gasteiger partial charge on any atom is -0.309 e. The van der Waals surface area contributed by atoms with E-state index < -0.39 is 12.6 Å². The third-order valence-electron chi connectivity index (χ3n) is 13.6. The Hall–Kier alpha value is -6.27. The zero-order valence-electron chi connectivity index (χ0n) is 32.2. The predicted octanol–water partition coefficient (Wildman–Crippen LogP) is 11.9. The van der Waals surface area contributed by atoms with Gasteiger partial charge in [-0.2, -0.15) is 0 Å². The predicted molar refractivity (Wildman–Crippen MR) is 241 cm³/mol. The van der Waals surface area contributed by atoms with Crippen LogP contribution in [0.2, 0.25) is 0 Å². The van der Waals surface area contributed by atoms with Crippen molar-refractivity contribution in [2.75, 3.05) is 0 Å². The van der Waals surface area contributed by atoms with Crippen LogP contribution in [0.3, 0.4) is 0 Å². The van der Waals surface area contributed by atoms with Crippen molar-refractivity contribution in [3.8, 4) is 11.1 Å². The average molecular weight is 763 g/mol. The second kappa shape index (κ2) is 13.7. The molecule has 7 aromatic rings. The molecule has 0 saturated carbocycles. The molecule has 5 atom stereocenters. The smallest absolute Gasteiger partial charge is 0.171 e. The van der Waals surface area contributed by atoms with Crippen LogP contribution in [0, 0.1) is 11.8 Å². The van der Waals surface area contributed by atoms with Crippen LogP contribution in [-0.2, 0) is 15.4 Å². The fourth-order valence-corrected chi connectivity index (χ4v) is 13.9. The summed E-state index contributed by atoms with van der Waals surface area (Å²) >= 11 is 0. The summed E-state index contributed by atoms with van der Waals surface area (Å²) in [4.78, 5) is 0. The topological polar surface area (TPSA) is 17.1 Å². The van der Waals surface area contributed by atoms with Crippen LogP contribution in [0.15, 0.2) is 231 Å². The minimum absolute atomic E-state index is 0.221. The molecule has 0 saturated heterocycles. The lowest BCUT2D eigenvalue weighted by atomic mass is 9.59. The highest BCUT2D eigenvalue weighted by molar-refractivity contribution is 7.85. The molecule has 4 aliphatic rings. The zero-order valence-corrected chi connectivity index (χ0v) is 33.1. The molecule has 2 heteroatoms. The van der Waals surface area contributed by atoms with Gasteiger partial charge < -0.3 is 4.57 Å². The van der Waals surface area contributed by atoms with Gasteiger partial charge in [-0.25, -0.2) is 0 Å². The average Bonchev–Trinajstić information content (AvgIpc) is 3.78. The zero-order chi connectivity index (χ0) is 38.7. The van der Waals surface area contributed by atoms with Crippen LogP contribution in [0.25, 0.3) is 11.1 Å². The van der Waals surface area contributed by atoms with Crippen molar-refractivity contribution < 1.29 is 4.57 Å². The van der Waals surface area contributed by atoms with Gasteiger partial charge in [-0.15, -0.1) is 0 Å². The second-order valence-electron chi connectivity index (χ2n) is 16.2. The number of fused-ring (bicyclic) bond motifs is 6. The highest BCUT2D eigenvalue weighted by atomic mass is 31.2. The molecule has 4 aliphatic carbocycles. The summed E-state index contributed by atoms with van der Waals surface area (Å²) in [6.07, 6.45) is 19.3. The van der Waals surface area contributed by atoms with Gasteiger partial charge in [0, 0.05) is 33.2 Å². The largest absolute Gasteiger partial charge is 0.309 e. The SMILES string of the molecule is O=P(c1ccccc1)(c1ccc2c(c1)C(c1ccccc1)(c1ccccc1)c1ccccc1-2)c1ccc2c(c1)C(c1ccccc1)(C1C=CC=CC1)C1C=CC=CC21. The van der Waals surface area contributed by atoms with Crippen molar-refractivity contribution >= 4 is 23.1 Å². The molecule has 0 spiro atoms. The van der Waals surface area contributed by atoms with Crippen molar-refractivity contribution in [3.05, 3.63) is 270 Å². The number of hydrogen-bond acceptors (Lipinski definition) is 1. The minimum atomic E-state index is -3.47. The standard InChI is InChI=1S/C56H43OP/c57-58(44-28-14-5-15-29-44,45-34-36-49-47-30-16-18-32-51(47)55(53(49)38-45,40-20-6-1-7-21-40)41-22-8-2-9-23-41)46-35-37-50-48-31-17-19-33-52(48)56(54(50)39-46,42-24-10-3-11-25-42)43-26-12-4-13-27-43/h1-26,28-39,43,48,52H,27H2. The molecule has 11 rings (SSSR count). The van der Waals surface area contributed by atoms with Crippen molar-refractivity contribution in [2.45, 2.75) is 23.2 Å². The lowest BCUT2D eigenvalue weighted by molar-refractivity contribution is 0.301. The molecule has 0 aromatic heterocycles. The Morgan fingerprint density at radius 3 is 1.67 bits per heavy atom. The van der Waals surface area contributed by atoms with Crippen LogP contribution in [-0.4, -0.2) is 0 Å². The summed E-state index contributed by atoms with van der Waals surface area (Å²) in [7, 11) is -3.47. The van der Waals surface area contributed by atoms with Gasteiger partial charge in [0.2, 0.25) is 0 Å². The Morgan fingerprint density at radius 1 is 0.448 bits per heavy atom. The van der Waals surface area contributed by atoms with Gasteiger partial charge in [-0.05, 0) is 74.5 Å². The van der Waals surface area contributed by atoms with Crippen molar-refractivity contribution in [3.63, 3.8) is 0 Å². The number of rotatable bonds is 7. The normalized spacial score (nSPS) is 22.7. The van der Waals surface area contributed by atoms with Crippen LogP contribution >= 0.6 is 7.14 Å². The second-order valence-corrected chi connectivity index (χ2v) is 19.0. The van der Waals surface area contributed by atoms with E-state index in [-0.39, 0.29) is 23.2 Å². The molecule has 0 radical (unpaired) electrons. The highest BCUT2D eigenvalue weighted by Gasteiger charge is 2.56. The molecule has 0 amide bonds. The molecule has 0 fully saturated rings. The van der Waals surface area contributed by atoms with E-state index >= 15 is 4.57 Å². The fraction of sp³-hybridized carbons (Fsp3) is 0.107. The van der Waals surface area contributed by atoms with Crippen LogP contribution < -0.4 is 15.9 Å². The summed E-state index contributed by atoms with van der Waals surface area (Å²) in [5, 5.41) is 2.57. The van der Waals surface area contributed by atoms with Gasteiger partial charge in [0.05, 0.1) is 5.41 Å². The molecule has 278 valence electrons. The first kappa shape index (κ1) is 34.9. The number of allylic oxidation sites excluding steroid dienone is 8. The van der Waals surface area contributed by atoms with Gasteiger partial charge in [0.1, 0.15) is 0 Å². The van der Waals surface area contributed by atoms with E-state index in [0.717, 1.165) is 22.3 Å². The molecule has 58 heavy (non-hydrogen) atoms. The first-order chi connectivity index (χ1) is 28.7. The molecule has 5 unspecified atom stereocenters. The van der Waals surface area contributed by atoms with Gasteiger partial charge >= 0.3 is 0 Å². The Morgan fingerprint density at radius 2 is 1.00 bits per heavy atom. The maximum atomic E-state index is 17.0. The summed E-state index contributed by atoms with van der Waals surface area (Å²) in [5.74, 6) is 0.672. The van der Waals surface area contributed by atoms with Crippen molar-refractivity contribution in [2.24, 2.45) is 11.8 Å². The third kappa shape index (κ3) is 4.87. The first-order valence-corrected chi connectivity index (χ1v) is 22.3. The van der Waals surface area contributed by atoms with E-state index in [0.29, 0.717) is 0 Å². The molecular formula is C56H43OP. The number of benzene rings is 7. The molecule has 7 aromatic carbocycles. The molecule has 0 N–H and O–H groups in total. The first-order valence-electron chi connectivity index (χ1n) is 20.6. The summed E-state index contributed by atoms with van der Waals surface area (Å²) in [5.41, 5.74) is 10.2. The Kier molecular flexibility index (Phi) is 8.25. The van der Waals surface area contributed by atoms with Crippen LogP contribution in [0.5, 0.6) is 0 Å². The quantitative estimate of drug-likeness (QED) is 0.148. The molecular weight excluding hydrogens is 720 g/mol. The van der Waals surface area contributed by atoms with Crippen LogP contribution in [0.4, 0.5) is 0 Å². The van der Waals surface area contributed by atoms with E-state index in [1.165, 1.54) is 50.1 Å². The Balaban J connectivity index is 1.19. The fourth-order valence-electron chi connectivity index (χ4n) is 11.3. The molecule has 1 nitrogen and oxygen atoms in total. The summed E-state index contributed by atoms with van der Waals surface area (Å²) < 4.78 is 17.0. The van der Waals surface area contributed by atoms with E-state index in [1.807, 2.05) is 18.2 Å². The Labute approximate surface area is 341 Å². The maximum Gasteiger partial charge on any atom is 0.171 e. The van der Waals surface area contributed by atoms with Gasteiger partial charge in [0.25, 0.3) is 0 Å². The molecule has 0 bridgehead atoms. The third-order valence-corrected chi connectivity index (χ3v) is 16.6. The molecule has 0 heterocycles. The lowest BCUT2D eigenvalue weighted by Gasteiger charge is -2.44. The van der Waals surface area contributed by atoms with Gasteiger partial charge in [-0.3, -0.25) is 0 Å². The van der Waals surface area contributed by atoms with E-state index in [9.17, 15) is 0 Å². The summed E-state index contributed by atoms with van der Waals surface area (Å²) in [6, 6.07) is 65.5. The highest BCUT2D eigenvalue weighted by Crippen LogP contribution is 2.62. The summed E-state index contributed by atoms with van der Waals surface area (Å²) in [6.45, 7) is 0. The van der Waals surface area contributed by atoms with Crippen molar-refractivity contribution in [1.82, 2.24) is 0 Å². The van der Waals surface area contributed by atoms with E-state index in [2.05, 4.69) is 212 Å². The molecule has 0 aliphatic heterocycles. The monoisotopic (exact) mass is 762 g/mol. The lowest BCUT2D eigenvalue weighted by Crippen LogP contribution is -2.41. The maximum absolute atomic E-state index is 17.0. The van der Waals surface area contributed by atoms with Crippen LogP contribution in [0.1, 0.15) is 51.3 Å².